The van der Waals surface area contributed by atoms with Gasteiger partial charge in [-0.2, -0.15) is 0 Å². The molecule has 2 rings (SSSR count). The fraction of sp³-hybridized carbons (Fsp3) is 0.238. The molecule has 0 aliphatic rings. The number of hydrogen-bond donors (Lipinski definition) is 3. The first-order valence-corrected chi connectivity index (χ1v) is 10.2. The van der Waals surface area contributed by atoms with Gasteiger partial charge in [-0.05, 0) is 70.7 Å². The van der Waals surface area contributed by atoms with Gasteiger partial charge in [-0.25, -0.2) is 9.59 Å². The van der Waals surface area contributed by atoms with Crippen molar-refractivity contribution in [2.75, 3.05) is 5.73 Å². The van der Waals surface area contributed by atoms with Gasteiger partial charge < -0.3 is 15.9 Å². The normalized spacial score (nSPS) is 10.4. The van der Waals surface area contributed by atoms with Gasteiger partial charge in [-0.15, -0.1) is 0 Å². The zero-order valence-electron chi connectivity index (χ0n) is 15.7. The molecule has 0 aliphatic carbocycles. The summed E-state index contributed by atoms with van der Waals surface area (Å²) in [5.74, 6) is -2.24. The number of carbonyl (C=O) groups is 2. The van der Waals surface area contributed by atoms with Gasteiger partial charge in [-0.3, -0.25) is 0 Å². The predicted octanol–water partition coefficient (Wildman–Crippen LogP) is 6.39. The number of nitrogen functional groups attached to an aromatic ring is 1. The number of anilines is 1. The standard InChI is InChI=1S/C12H15Br2N.C9H8O4/c1-2-3-4-5-6-9-7-10(13)8-11(14)12(9)15;1-5-2-6(8(10)11)4-7(3-5)9(12)13/h5-8H,2-4,15H2,1H3;2-4H,1H3,(H,10,11)(H,12,13). The highest BCUT2D eigenvalue weighted by Crippen LogP contribution is 2.29. The molecule has 0 radical (unpaired) electrons. The first-order valence-electron chi connectivity index (χ1n) is 8.65. The fourth-order valence-corrected chi connectivity index (χ4v) is 3.56. The number of aromatic carboxylic acids is 2. The SMILES string of the molecule is CCCCC=Cc1cc(Br)cc(Br)c1N.Cc1cc(C(=O)O)cc(C(=O)O)c1. The maximum atomic E-state index is 10.5. The first kappa shape index (κ1) is 23.9. The Balaban J connectivity index is 0.000000283. The maximum Gasteiger partial charge on any atom is 0.335 e. The summed E-state index contributed by atoms with van der Waals surface area (Å²) in [5.41, 5.74) is 8.42. The van der Waals surface area contributed by atoms with E-state index >= 15 is 0 Å². The van der Waals surface area contributed by atoms with Gasteiger partial charge in [0.1, 0.15) is 0 Å². The van der Waals surface area contributed by atoms with Crippen LogP contribution in [0.3, 0.4) is 0 Å². The van der Waals surface area contributed by atoms with Crippen LogP contribution in [-0.4, -0.2) is 22.2 Å². The maximum absolute atomic E-state index is 10.5. The van der Waals surface area contributed by atoms with E-state index in [9.17, 15) is 9.59 Å². The van der Waals surface area contributed by atoms with Crippen LogP contribution >= 0.6 is 31.9 Å². The summed E-state index contributed by atoms with van der Waals surface area (Å²) in [5, 5.41) is 17.2. The van der Waals surface area contributed by atoms with Crippen molar-refractivity contribution in [2.45, 2.75) is 33.1 Å². The number of unbranched alkanes of at least 4 members (excludes halogenated alkanes) is 2. The number of nitrogens with two attached hydrogens (primary N) is 1. The number of hydrogen-bond acceptors (Lipinski definition) is 3. The van der Waals surface area contributed by atoms with E-state index in [-0.39, 0.29) is 11.1 Å². The molecular weight excluding hydrogens is 490 g/mol. The van der Waals surface area contributed by atoms with Gasteiger partial charge in [0, 0.05) is 8.95 Å². The molecule has 0 unspecified atom stereocenters. The molecule has 0 heterocycles. The number of allylic oxidation sites excluding steroid dienone is 1. The van der Waals surface area contributed by atoms with E-state index in [2.05, 4.69) is 50.9 Å². The van der Waals surface area contributed by atoms with Gasteiger partial charge in [0.05, 0.1) is 16.8 Å². The summed E-state index contributed by atoms with van der Waals surface area (Å²) in [6.07, 6.45) is 7.82. The summed E-state index contributed by atoms with van der Waals surface area (Å²) in [6, 6.07) is 7.97. The number of aryl methyl sites for hydroxylation is 1. The van der Waals surface area contributed by atoms with Crippen molar-refractivity contribution in [3.05, 3.63) is 67.6 Å². The zero-order chi connectivity index (χ0) is 21.3. The van der Waals surface area contributed by atoms with Crippen LogP contribution in [0.5, 0.6) is 0 Å². The molecule has 0 spiro atoms. The van der Waals surface area contributed by atoms with E-state index in [0.29, 0.717) is 5.56 Å². The largest absolute Gasteiger partial charge is 0.478 e. The van der Waals surface area contributed by atoms with Crippen molar-refractivity contribution < 1.29 is 19.8 Å². The second kappa shape index (κ2) is 11.7. The van der Waals surface area contributed by atoms with Crippen LogP contribution in [0.4, 0.5) is 5.69 Å². The molecule has 0 aromatic heterocycles. The Morgan fingerprint density at radius 2 is 1.61 bits per heavy atom. The molecule has 0 saturated heterocycles. The Hall–Kier alpha value is -2.12. The number of carboxylic acid groups (broad SMARTS) is 2. The Bertz CT molecular complexity index is 847. The van der Waals surface area contributed by atoms with Crippen LogP contribution in [-0.2, 0) is 0 Å². The minimum absolute atomic E-state index is 0.00241. The lowest BCUT2D eigenvalue weighted by Crippen LogP contribution is -2.02. The van der Waals surface area contributed by atoms with Crippen LogP contribution < -0.4 is 5.73 Å². The van der Waals surface area contributed by atoms with Crippen LogP contribution in [0.1, 0.15) is 58.0 Å². The van der Waals surface area contributed by atoms with Crippen molar-refractivity contribution in [1.29, 1.82) is 0 Å². The molecule has 7 heteroatoms. The molecule has 0 atom stereocenters. The molecule has 0 fully saturated rings. The highest BCUT2D eigenvalue weighted by molar-refractivity contribution is 9.11. The average molecular weight is 513 g/mol. The quantitative estimate of drug-likeness (QED) is 0.307. The molecule has 0 bridgehead atoms. The molecule has 5 nitrogen and oxygen atoms in total. The second-order valence-corrected chi connectivity index (χ2v) is 7.90. The highest BCUT2D eigenvalue weighted by Gasteiger charge is 2.09. The number of carboxylic acids is 2. The Kier molecular flexibility index (Phi) is 9.96. The van der Waals surface area contributed by atoms with Gasteiger partial charge in [0.25, 0.3) is 0 Å². The smallest absolute Gasteiger partial charge is 0.335 e. The third kappa shape index (κ3) is 7.86. The third-order valence-corrected chi connectivity index (χ3v) is 4.83. The van der Waals surface area contributed by atoms with E-state index in [0.717, 1.165) is 32.7 Å². The molecule has 0 saturated carbocycles. The van der Waals surface area contributed by atoms with E-state index in [4.69, 9.17) is 15.9 Å². The van der Waals surface area contributed by atoms with Crippen LogP contribution in [0.25, 0.3) is 6.08 Å². The van der Waals surface area contributed by atoms with Crippen molar-refractivity contribution in [3.63, 3.8) is 0 Å². The van der Waals surface area contributed by atoms with Crippen molar-refractivity contribution >= 4 is 55.6 Å². The second-order valence-electron chi connectivity index (χ2n) is 6.13. The first-order chi connectivity index (χ1) is 13.1. The predicted molar refractivity (Wildman–Crippen MR) is 120 cm³/mol. The zero-order valence-corrected chi connectivity index (χ0v) is 18.9. The monoisotopic (exact) mass is 511 g/mol. The fourth-order valence-electron chi connectivity index (χ4n) is 2.30. The summed E-state index contributed by atoms with van der Waals surface area (Å²) in [7, 11) is 0. The summed E-state index contributed by atoms with van der Waals surface area (Å²) < 4.78 is 1.98. The highest BCUT2D eigenvalue weighted by atomic mass is 79.9. The molecule has 150 valence electrons. The van der Waals surface area contributed by atoms with Crippen LogP contribution in [0, 0.1) is 6.92 Å². The van der Waals surface area contributed by atoms with Crippen LogP contribution in [0.15, 0.2) is 45.4 Å². The lowest BCUT2D eigenvalue weighted by atomic mass is 10.1. The minimum atomic E-state index is -1.12. The van der Waals surface area contributed by atoms with E-state index in [1.54, 1.807) is 6.92 Å². The van der Waals surface area contributed by atoms with Gasteiger partial charge in [0.2, 0.25) is 0 Å². The number of benzene rings is 2. The number of halogens is 2. The van der Waals surface area contributed by atoms with Crippen LogP contribution in [0.2, 0.25) is 0 Å². The van der Waals surface area contributed by atoms with E-state index < -0.39 is 11.9 Å². The Morgan fingerprint density at radius 3 is 2.11 bits per heavy atom. The molecule has 0 aliphatic heterocycles. The Labute approximate surface area is 181 Å². The average Bonchev–Trinajstić information content (AvgIpc) is 2.62. The lowest BCUT2D eigenvalue weighted by molar-refractivity contribution is 0.0696. The van der Waals surface area contributed by atoms with E-state index in [1.807, 2.05) is 12.1 Å². The van der Waals surface area contributed by atoms with Gasteiger partial charge in [0.15, 0.2) is 0 Å². The summed E-state index contributed by atoms with van der Waals surface area (Å²) in [4.78, 5) is 21.1. The molecule has 2 aromatic carbocycles. The van der Waals surface area contributed by atoms with Crippen molar-refractivity contribution in [3.8, 4) is 0 Å². The minimum Gasteiger partial charge on any atom is -0.478 e. The van der Waals surface area contributed by atoms with Gasteiger partial charge >= 0.3 is 11.9 Å². The third-order valence-electron chi connectivity index (χ3n) is 3.72. The molecular formula is C21H23Br2NO4. The topological polar surface area (TPSA) is 101 Å². The van der Waals surface area contributed by atoms with E-state index in [1.165, 1.54) is 25.0 Å². The number of rotatable bonds is 6. The molecule has 2 aromatic rings. The molecule has 4 N–H and O–H groups in total. The summed E-state index contributed by atoms with van der Waals surface area (Å²) in [6.45, 7) is 3.84. The van der Waals surface area contributed by atoms with Crippen molar-refractivity contribution in [2.24, 2.45) is 0 Å². The van der Waals surface area contributed by atoms with Gasteiger partial charge in [-0.1, -0.05) is 47.8 Å². The molecule has 0 amide bonds. The Morgan fingerprint density at radius 1 is 1.04 bits per heavy atom. The molecule has 28 heavy (non-hydrogen) atoms. The van der Waals surface area contributed by atoms with Crippen molar-refractivity contribution in [1.82, 2.24) is 0 Å². The summed E-state index contributed by atoms with van der Waals surface area (Å²) >= 11 is 6.88. The lowest BCUT2D eigenvalue weighted by Gasteiger charge is -2.04.